The smallest absolute Gasteiger partial charge is 0.303 e. The number of hydrogen-bond donors (Lipinski definition) is 2. The summed E-state index contributed by atoms with van der Waals surface area (Å²) in [6.07, 6.45) is 15.5. The molecule has 0 amide bonds. The van der Waals surface area contributed by atoms with E-state index in [1.807, 2.05) is 6.92 Å². The van der Waals surface area contributed by atoms with Gasteiger partial charge in [-0.2, -0.15) is 0 Å². The zero-order chi connectivity index (χ0) is 14.3. The van der Waals surface area contributed by atoms with E-state index in [9.17, 15) is 4.79 Å². The van der Waals surface area contributed by atoms with Crippen LogP contribution in [0, 0.1) is 0 Å². The molecule has 0 aromatic heterocycles. The molecule has 0 rings (SSSR count). The molecule has 0 aromatic rings. The first kappa shape index (κ1) is 18.2. The number of aliphatic hydroxyl groups is 1. The Kier molecular flexibility index (Phi) is 13.0. The Balaban J connectivity index is 3.10. The summed E-state index contributed by atoms with van der Waals surface area (Å²) in [6, 6.07) is 0. The fraction of sp³-hybridized carbons (Fsp3) is 0.812. The van der Waals surface area contributed by atoms with Crippen LogP contribution >= 0.6 is 0 Å². The molecule has 0 aliphatic rings. The number of carboxylic acid groups (broad SMARTS) is 1. The molecule has 2 N–H and O–H groups in total. The van der Waals surface area contributed by atoms with E-state index in [-0.39, 0.29) is 6.10 Å². The van der Waals surface area contributed by atoms with E-state index in [1.54, 1.807) is 0 Å². The van der Waals surface area contributed by atoms with Gasteiger partial charge in [-0.15, -0.1) is 0 Å². The van der Waals surface area contributed by atoms with Gasteiger partial charge in [0.15, 0.2) is 0 Å². The van der Waals surface area contributed by atoms with Crippen LogP contribution in [0.15, 0.2) is 12.2 Å². The van der Waals surface area contributed by atoms with Crippen LogP contribution < -0.4 is 0 Å². The Bertz CT molecular complexity index is 234. The summed E-state index contributed by atoms with van der Waals surface area (Å²) in [7, 11) is 0. The van der Waals surface area contributed by atoms with Crippen molar-refractivity contribution in [3.05, 3.63) is 12.2 Å². The van der Waals surface area contributed by atoms with E-state index in [0.29, 0.717) is 6.42 Å². The van der Waals surface area contributed by atoms with Crippen LogP contribution in [-0.4, -0.2) is 22.3 Å². The highest BCUT2D eigenvalue weighted by Gasteiger charge is 1.96. The first-order chi connectivity index (χ1) is 9.13. The predicted octanol–water partition coefficient (Wildman–Crippen LogP) is 4.30. The Morgan fingerprint density at radius 1 is 0.947 bits per heavy atom. The van der Waals surface area contributed by atoms with E-state index < -0.39 is 5.97 Å². The molecule has 0 aliphatic carbocycles. The van der Waals surface area contributed by atoms with E-state index in [4.69, 9.17) is 10.2 Å². The molecule has 0 fully saturated rings. The molecule has 0 spiro atoms. The summed E-state index contributed by atoms with van der Waals surface area (Å²) in [6.45, 7) is 1.84. The van der Waals surface area contributed by atoms with Gasteiger partial charge in [0.1, 0.15) is 0 Å². The lowest BCUT2D eigenvalue weighted by atomic mass is 10.1. The van der Waals surface area contributed by atoms with Crippen molar-refractivity contribution in [3.63, 3.8) is 0 Å². The van der Waals surface area contributed by atoms with Gasteiger partial charge < -0.3 is 10.2 Å². The number of carbonyl (C=O) groups is 1. The van der Waals surface area contributed by atoms with Crippen LogP contribution in [0.2, 0.25) is 0 Å². The van der Waals surface area contributed by atoms with Crippen molar-refractivity contribution in [1.82, 2.24) is 0 Å². The highest BCUT2D eigenvalue weighted by molar-refractivity contribution is 5.66. The first-order valence-electron chi connectivity index (χ1n) is 7.67. The quantitative estimate of drug-likeness (QED) is 0.387. The monoisotopic (exact) mass is 270 g/mol. The standard InChI is InChI=1S/C16H30O3/c1-15(17)13-11-9-7-5-3-2-4-6-8-10-12-14-16(18)19/h3,5,15,17H,2,4,6-14H2,1H3,(H,18,19)/b5-3+. The van der Waals surface area contributed by atoms with Crippen molar-refractivity contribution < 1.29 is 15.0 Å². The van der Waals surface area contributed by atoms with Crippen molar-refractivity contribution >= 4 is 5.97 Å². The van der Waals surface area contributed by atoms with Crippen LogP contribution in [0.5, 0.6) is 0 Å². The van der Waals surface area contributed by atoms with Crippen molar-refractivity contribution in [2.24, 2.45) is 0 Å². The van der Waals surface area contributed by atoms with Crippen LogP contribution in [0.25, 0.3) is 0 Å². The van der Waals surface area contributed by atoms with Gasteiger partial charge in [0, 0.05) is 6.42 Å². The highest BCUT2D eigenvalue weighted by Crippen LogP contribution is 2.08. The van der Waals surface area contributed by atoms with Crippen molar-refractivity contribution in [2.45, 2.75) is 83.7 Å². The van der Waals surface area contributed by atoms with Crippen molar-refractivity contribution in [3.8, 4) is 0 Å². The summed E-state index contributed by atoms with van der Waals surface area (Å²) in [5.41, 5.74) is 0. The lowest BCUT2D eigenvalue weighted by molar-refractivity contribution is -0.137. The zero-order valence-electron chi connectivity index (χ0n) is 12.3. The van der Waals surface area contributed by atoms with Gasteiger partial charge in [-0.25, -0.2) is 0 Å². The molecule has 0 radical (unpaired) electrons. The third-order valence-electron chi connectivity index (χ3n) is 3.17. The number of carboxylic acids is 1. The number of unbranched alkanes of at least 4 members (excludes halogenated alkanes) is 7. The normalized spacial score (nSPS) is 12.9. The van der Waals surface area contributed by atoms with Gasteiger partial charge in [-0.1, -0.05) is 37.8 Å². The van der Waals surface area contributed by atoms with Gasteiger partial charge in [-0.05, 0) is 45.4 Å². The molecule has 0 heterocycles. The molecular formula is C16H30O3. The minimum absolute atomic E-state index is 0.162. The fourth-order valence-electron chi connectivity index (χ4n) is 2.01. The van der Waals surface area contributed by atoms with E-state index in [0.717, 1.165) is 51.4 Å². The Labute approximate surface area is 117 Å². The largest absolute Gasteiger partial charge is 0.481 e. The number of aliphatic carboxylic acids is 1. The Hall–Kier alpha value is -0.830. The maximum absolute atomic E-state index is 10.3. The first-order valence-corrected chi connectivity index (χ1v) is 7.67. The summed E-state index contributed by atoms with van der Waals surface area (Å²) < 4.78 is 0. The van der Waals surface area contributed by atoms with Crippen molar-refractivity contribution in [1.29, 1.82) is 0 Å². The lowest BCUT2D eigenvalue weighted by Gasteiger charge is -2.01. The minimum atomic E-state index is -0.682. The fourth-order valence-corrected chi connectivity index (χ4v) is 2.01. The second kappa shape index (κ2) is 13.6. The van der Waals surface area contributed by atoms with Crippen LogP contribution in [0.1, 0.15) is 77.6 Å². The van der Waals surface area contributed by atoms with E-state index in [1.165, 1.54) is 12.8 Å². The number of rotatable bonds is 13. The molecule has 0 bridgehead atoms. The van der Waals surface area contributed by atoms with Gasteiger partial charge in [0.05, 0.1) is 6.10 Å². The summed E-state index contributed by atoms with van der Waals surface area (Å²) in [5, 5.41) is 17.6. The number of allylic oxidation sites excluding steroid dienone is 2. The second-order valence-electron chi connectivity index (χ2n) is 5.31. The van der Waals surface area contributed by atoms with Gasteiger partial charge in [-0.3, -0.25) is 4.79 Å². The van der Waals surface area contributed by atoms with Crippen LogP contribution in [0.4, 0.5) is 0 Å². The minimum Gasteiger partial charge on any atom is -0.481 e. The van der Waals surface area contributed by atoms with Crippen LogP contribution in [0.3, 0.4) is 0 Å². The summed E-state index contributed by atoms with van der Waals surface area (Å²) in [5.74, 6) is -0.682. The maximum Gasteiger partial charge on any atom is 0.303 e. The second-order valence-corrected chi connectivity index (χ2v) is 5.31. The van der Waals surface area contributed by atoms with E-state index in [2.05, 4.69) is 12.2 Å². The van der Waals surface area contributed by atoms with Crippen LogP contribution in [-0.2, 0) is 4.79 Å². The Morgan fingerprint density at radius 2 is 1.47 bits per heavy atom. The predicted molar refractivity (Wildman–Crippen MR) is 79.2 cm³/mol. The maximum atomic E-state index is 10.3. The summed E-state index contributed by atoms with van der Waals surface area (Å²) in [4.78, 5) is 10.3. The van der Waals surface area contributed by atoms with Gasteiger partial charge in [0.2, 0.25) is 0 Å². The highest BCUT2D eigenvalue weighted by atomic mass is 16.4. The number of aliphatic hydroxyl groups excluding tert-OH is 1. The van der Waals surface area contributed by atoms with E-state index >= 15 is 0 Å². The average Bonchev–Trinajstić information content (AvgIpc) is 2.34. The van der Waals surface area contributed by atoms with Gasteiger partial charge in [0.25, 0.3) is 0 Å². The SMILES string of the molecule is CC(O)CCCC/C=C/CCCCCCCC(=O)O. The molecule has 1 atom stereocenters. The van der Waals surface area contributed by atoms with Crippen molar-refractivity contribution in [2.75, 3.05) is 0 Å². The molecule has 0 saturated carbocycles. The Morgan fingerprint density at radius 3 is 2.05 bits per heavy atom. The molecule has 1 unspecified atom stereocenters. The molecule has 3 nitrogen and oxygen atoms in total. The molecular weight excluding hydrogens is 240 g/mol. The zero-order valence-corrected chi connectivity index (χ0v) is 12.3. The number of hydrogen-bond acceptors (Lipinski definition) is 2. The van der Waals surface area contributed by atoms with Gasteiger partial charge >= 0.3 is 5.97 Å². The lowest BCUT2D eigenvalue weighted by Crippen LogP contribution is -1.97. The average molecular weight is 270 g/mol. The topological polar surface area (TPSA) is 57.5 Å². The molecule has 19 heavy (non-hydrogen) atoms. The molecule has 0 saturated heterocycles. The molecule has 112 valence electrons. The molecule has 0 aliphatic heterocycles. The third kappa shape index (κ3) is 17.2. The summed E-state index contributed by atoms with van der Waals surface area (Å²) >= 11 is 0. The molecule has 3 heteroatoms. The third-order valence-corrected chi connectivity index (χ3v) is 3.17. The molecule has 0 aromatic carbocycles.